The van der Waals surface area contributed by atoms with Gasteiger partial charge in [-0.25, -0.2) is 4.39 Å². The number of anilines is 2. The molecule has 0 aliphatic heterocycles. The summed E-state index contributed by atoms with van der Waals surface area (Å²) in [4.78, 5) is 42.9. The molecule has 0 aliphatic rings. The summed E-state index contributed by atoms with van der Waals surface area (Å²) in [7, 11) is 0. The quantitative estimate of drug-likeness (QED) is 0.158. The number of pyridine rings is 1. The zero-order valence-electron chi connectivity index (χ0n) is 20.4. The number of carbonyl (C=O) groups is 3. The lowest BCUT2D eigenvalue weighted by Crippen LogP contribution is -2.30. The first-order valence-electron chi connectivity index (χ1n) is 11.6. The summed E-state index contributed by atoms with van der Waals surface area (Å²) in [5, 5.41) is 8.00. The van der Waals surface area contributed by atoms with Gasteiger partial charge in [0.2, 0.25) is 5.91 Å². The second-order valence-corrected chi connectivity index (χ2v) is 10.1. The largest absolute Gasteiger partial charge is 0.323 e. The molecule has 1 aromatic heterocycles. The van der Waals surface area contributed by atoms with Crippen LogP contribution in [0.1, 0.15) is 15.9 Å². The van der Waals surface area contributed by atoms with Gasteiger partial charge in [-0.2, -0.15) is 0 Å². The van der Waals surface area contributed by atoms with Crippen LogP contribution in [0.3, 0.4) is 0 Å². The molecule has 0 aliphatic carbocycles. The molecule has 196 valence electrons. The number of rotatable bonds is 9. The van der Waals surface area contributed by atoms with Crippen LogP contribution >= 0.6 is 27.7 Å². The van der Waals surface area contributed by atoms with Crippen LogP contribution in [-0.2, 0) is 9.59 Å². The van der Waals surface area contributed by atoms with E-state index in [1.165, 1.54) is 23.9 Å². The van der Waals surface area contributed by atoms with E-state index in [9.17, 15) is 18.8 Å². The zero-order valence-corrected chi connectivity index (χ0v) is 22.8. The van der Waals surface area contributed by atoms with E-state index in [1.54, 1.807) is 91.3 Å². The Bertz CT molecular complexity index is 1500. The first-order chi connectivity index (χ1) is 18.9. The lowest BCUT2D eigenvalue weighted by molar-refractivity contribution is -0.114. The standard InChI is InChI=1S/C29H22BrFN4O3S/c30-21-8-13-25(24(31)16-21)34-27(36)18-39-23-11-9-22(10-12-23)33-29(38)26(15-19-5-4-14-32-17-19)35-28(37)20-6-2-1-3-7-20/h1-17H,18H2,(H,33,38)(H,34,36)(H,35,37)/b26-15-. The fourth-order valence-electron chi connectivity index (χ4n) is 3.33. The SMILES string of the molecule is O=C(CSc1ccc(NC(=O)/C(=C/c2cccnc2)NC(=O)c2ccccc2)cc1)Nc1ccc(Br)cc1F. The van der Waals surface area contributed by atoms with Crippen LogP contribution in [0.2, 0.25) is 0 Å². The number of amides is 3. The van der Waals surface area contributed by atoms with Gasteiger partial charge in [0.1, 0.15) is 11.5 Å². The van der Waals surface area contributed by atoms with Crippen LogP contribution in [0.5, 0.6) is 0 Å². The van der Waals surface area contributed by atoms with Gasteiger partial charge in [-0.3, -0.25) is 19.4 Å². The molecule has 3 aromatic carbocycles. The number of thioether (sulfide) groups is 1. The molecule has 1 heterocycles. The van der Waals surface area contributed by atoms with Gasteiger partial charge >= 0.3 is 0 Å². The molecule has 0 saturated heterocycles. The van der Waals surface area contributed by atoms with Crippen molar-refractivity contribution < 1.29 is 18.8 Å². The number of carbonyl (C=O) groups excluding carboxylic acids is 3. The van der Waals surface area contributed by atoms with E-state index >= 15 is 0 Å². The average molecular weight is 605 g/mol. The molecular formula is C29H22BrFN4O3S. The van der Waals surface area contributed by atoms with Gasteiger partial charge in [0.15, 0.2) is 0 Å². The lowest BCUT2D eigenvalue weighted by Gasteiger charge is -2.12. The Morgan fingerprint density at radius 1 is 0.923 bits per heavy atom. The number of hydrogen-bond acceptors (Lipinski definition) is 5. The second kappa shape index (κ2) is 13.5. The zero-order chi connectivity index (χ0) is 27.6. The lowest BCUT2D eigenvalue weighted by atomic mass is 10.2. The van der Waals surface area contributed by atoms with Gasteiger partial charge in [-0.05, 0) is 72.3 Å². The minimum atomic E-state index is -0.528. The van der Waals surface area contributed by atoms with Gasteiger partial charge in [-0.15, -0.1) is 11.8 Å². The summed E-state index contributed by atoms with van der Waals surface area (Å²) in [6, 6.07) is 23.4. The van der Waals surface area contributed by atoms with Gasteiger partial charge in [0, 0.05) is 33.0 Å². The molecule has 0 fully saturated rings. The molecule has 3 N–H and O–H groups in total. The topological polar surface area (TPSA) is 100 Å². The van der Waals surface area contributed by atoms with Gasteiger partial charge in [0.05, 0.1) is 11.4 Å². The van der Waals surface area contributed by atoms with Crippen LogP contribution in [0.4, 0.5) is 15.8 Å². The molecule has 0 atom stereocenters. The molecule has 4 aromatic rings. The summed E-state index contributed by atoms with van der Waals surface area (Å²) >= 11 is 4.45. The Hall–Kier alpha value is -4.28. The van der Waals surface area contributed by atoms with E-state index in [0.29, 0.717) is 21.3 Å². The highest BCUT2D eigenvalue weighted by Crippen LogP contribution is 2.23. The number of aromatic nitrogens is 1. The van der Waals surface area contributed by atoms with Gasteiger partial charge in [0.25, 0.3) is 11.8 Å². The van der Waals surface area contributed by atoms with Crippen molar-refractivity contribution in [3.63, 3.8) is 0 Å². The normalized spacial score (nSPS) is 11.0. The third kappa shape index (κ3) is 8.36. The van der Waals surface area contributed by atoms with Crippen LogP contribution in [0.25, 0.3) is 6.08 Å². The van der Waals surface area contributed by atoms with Crippen molar-refractivity contribution >= 4 is 62.9 Å². The van der Waals surface area contributed by atoms with Gasteiger partial charge in [-0.1, -0.05) is 40.2 Å². The number of halogens is 2. The predicted molar refractivity (Wildman–Crippen MR) is 155 cm³/mol. The first-order valence-corrected chi connectivity index (χ1v) is 13.4. The Labute approximate surface area is 237 Å². The predicted octanol–water partition coefficient (Wildman–Crippen LogP) is 6.12. The van der Waals surface area contributed by atoms with Crippen molar-refractivity contribution in [1.29, 1.82) is 0 Å². The molecule has 4 rings (SSSR count). The van der Waals surface area contributed by atoms with Crippen molar-refractivity contribution in [2.24, 2.45) is 0 Å². The molecule has 3 amide bonds. The molecule has 0 bridgehead atoms. The number of benzene rings is 3. The van der Waals surface area contributed by atoms with Crippen LogP contribution < -0.4 is 16.0 Å². The van der Waals surface area contributed by atoms with E-state index in [2.05, 4.69) is 36.9 Å². The third-order valence-corrected chi connectivity index (χ3v) is 6.72. The van der Waals surface area contributed by atoms with E-state index in [1.807, 2.05) is 0 Å². The highest BCUT2D eigenvalue weighted by Gasteiger charge is 2.15. The monoisotopic (exact) mass is 604 g/mol. The van der Waals surface area contributed by atoms with Crippen molar-refractivity contribution in [3.8, 4) is 0 Å². The van der Waals surface area contributed by atoms with E-state index in [4.69, 9.17) is 0 Å². The van der Waals surface area contributed by atoms with Crippen molar-refractivity contribution in [3.05, 3.63) is 124 Å². The van der Waals surface area contributed by atoms with E-state index in [0.717, 1.165) is 4.90 Å². The van der Waals surface area contributed by atoms with E-state index in [-0.39, 0.29) is 23.0 Å². The van der Waals surface area contributed by atoms with Crippen molar-refractivity contribution in [2.45, 2.75) is 4.90 Å². The summed E-state index contributed by atoms with van der Waals surface area (Å²) in [6.45, 7) is 0. The summed E-state index contributed by atoms with van der Waals surface area (Å²) in [5.74, 6) is -1.74. The number of nitrogens with zero attached hydrogens (tertiary/aromatic N) is 1. The molecular weight excluding hydrogens is 583 g/mol. The fraction of sp³-hybridized carbons (Fsp3) is 0.0345. The molecule has 0 spiro atoms. The van der Waals surface area contributed by atoms with Crippen LogP contribution in [0.15, 0.2) is 112 Å². The third-order valence-electron chi connectivity index (χ3n) is 5.21. The Morgan fingerprint density at radius 2 is 1.69 bits per heavy atom. The number of nitrogens with one attached hydrogen (secondary N) is 3. The maximum absolute atomic E-state index is 13.9. The fourth-order valence-corrected chi connectivity index (χ4v) is 4.36. The minimum absolute atomic E-state index is 0.0483. The molecule has 39 heavy (non-hydrogen) atoms. The van der Waals surface area contributed by atoms with Crippen LogP contribution in [0, 0.1) is 5.82 Å². The maximum Gasteiger partial charge on any atom is 0.272 e. The summed E-state index contributed by atoms with van der Waals surface area (Å²) in [6.07, 6.45) is 4.73. The van der Waals surface area contributed by atoms with Gasteiger partial charge < -0.3 is 16.0 Å². The molecule has 0 radical (unpaired) electrons. The van der Waals surface area contributed by atoms with E-state index < -0.39 is 17.6 Å². The second-order valence-electron chi connectivity index (χ2n) is 8.10. The average Bonchev–Trinajstić information content (AvgIpc) is 2.95. The summed E-state index contributed by atoms with van der Waals surface area (Å²) < 4.78 is 14.5. The van der Waals surface area contributed by atoms with Crippen molar-refractivity contribution in [2.75, 3.05) is 16.4 Å². The Morgan fingerprint density at radius 3 is 2.38 bits per heavy atom. The highest BCUT2D eigenvalue weighted by atomic mass is 79.9. The first kappa shape index (κ1) is 27.7. The Balaban J connectivity index is 1.38. The molecule has 7 nitrogen and oxygen atoms in total. The number of hydrogen-bond donors (Lipinski definition) is 3. The Kier molecular flexibility index (Phi) is 9.60. The molecule has 0 unspecified atom stereocenters. The highest BCUT2D eigenvalue weighted by molar-refractivity contribution is 9.10. The minimum Gasteiger partial charge on any atom is -0.323 e. The smallest absolute Gasteiger partial charge is 0.272 e. The molecule has 0 saturated carbocycles. The van der Waals surface area contributed by atoms with Crippen molar-refractivity contribution in [1.82, 2.24) is 10.3 Å². The van der Waals surface area contributed by atoms with Crippen LogP contribution in [-0.4, -0.2) is 28.5 Å². The molecule has 10 heteroatoms. The maximum atomic E-state index is 13.9. The summed E-state index contributed by atoms with van der Waals surface area (Å²) in [5.41, 5.74) is 1.71.